The van der Waals surface area contributed by atoms with E-state index in [2.05, 4.69) is 21.0 Å². The van der Waals surface area contributed by atoms with Crippen LogP contribution in [0.25, 0.3) is 0 Å². The molecule has 1 aliphatic heterocycles. The van der Waals surface area contributed by atoms with Crippen LogP contribution in [0.5, 0.6) is 5.75 Å². The van der Waals surface area contributed by atoms with E-state index in [-0.39, 0.29) is 6.10 Å². The summed E-state index contributed by atoms with van der Waals surface area (Å²) >= 11 is 3.41. The summed E-state index contributed by atoms with van der Waals surface area (Å²) < 4.78 is 8.73. The zero-order valence-corrected chi connectivity index (χ0v) is 12.4. The van der Waals surface area contributed by atoms with Crippen LogP contribution < -0.4 is 4.74 Å². The molecule has 2 aromatic rings. The van der Waals surface area contributed by atoms with Gasteiger partial charge in [-0.3, -0.25) is 4.68 Å². The van der Waals surface area contributed by atoms with Crippen molar-refractivity contribution in [2.45, 2.75) is 25.6 Å². The normalized spacial score (nSPS) is 21.9. The second kappa shape index (κ2) is 4.65. The molecule has 1 aliphatic rings. The quantitative estimate of drug-likeness (QED) is 0.877. The molecule has 5 heteroatoms. The van der Waals surface area contributed by atoms with Gasteiger partial charge in [0.15, 0.2) is 0 Å². The predicted molar refractivity (Wildman–Crippen MR) is 75.0 cm³/mol. The van der Waals surface area contributed by atoms with Gasteiger partial charge in [0.25, 0.3) is 0 Å². The Labute approximate surface area is 120 Å². The number of hydrogen-bond donors (Lipinski definition) is 1. The lowest BCUT2D eigenvalue weighted by Gasteiger charge is -2.29. The smallest absolute Gasteiger partial charge is 0.130 e. The molecule has 0 fully saturated rings. The van der Waals surface area contributed by atoms with E-state index in [0.29, 0.717) is 6.42 Å². The number of benzene rings is 1. The van der Waals surface area contributed by atoms with Crippen LogP contribution in [0.15, 0.2) is 28.9 Å². The summed E-state index contributed by atoms with van der Waals surface area (Å²) in [6.07, 6.45) is 1.86. The van der Waals surface area contributed by atoms with Gasteiger partial charge >= 0.3 is 0 Å². The first kappa shape index (κ1) is 12.7. The molecule has 1 aromatic carbocycles. The standard InChI is InChI=1S/C14H15BrN2O2/c1-8-11(7-17(2)16-8)14-6-12(18)10-5-9(15)3-4-13(10)19-14/h3-5,7,12,14,18H,6H2,1-2H3. The van der Waals surface area contributed by atoms with E-state index in [1.165, 1.54) is 0 Å². The third kappa shape index (κ3) is 2.28. The van der Waals surface area contributed by atoms with Crippen molar-refractivity contribution in [1.82, 2.24) is 9.78 Å². The number of halogens is 1. The number of aliphatic hydroxyl groups is 1. The molecule has 19 heavy (non-hydrogen) atoms. The summed E-state index contributed by atoms with van der Waals surface area (Å²) in [4.78, 5) is 0. The van der Waals surface area contributed by atoms with Crippen molar-refractivity contribution in [2.75, 3.05) is 0 Å². The van der Waals surface area contributed by atoms with E-state index in [4.69, 9.17) is 4.74 Å². The van der Waals surface area contributed by atoms with Gasteiger partial charge in [-0.05, 0) is 25.1 Å². The molecule has 1 N–H and O–H groups in total. The van der Waals surface area contributed by atoms with Gasteiger partial charge in [0.2, 0.25) is 0 Å². The van der Waals surface area contributed by atoms with Gasteiger partial charge in [-0.1, -0.05) is 15.9 Å². The summed E-state index contributed by atoms with van der Waals surface area (Å²) in [6, 6.07) is 5.72. The number of aryl methyl sites for hydroxylation is 2. The number of aromatic nitrogens is 2. The number of ether oxygens (including phenoxy) is 1. The number of hydrogen-bond acceptors (Lipinski definition) is 3. The highest BCUT2D eigenvalue weighted by molar-refractivity contribution is 9.10. The predicted octanol–water partition coefficient (Wildman–Crippen LogP) is 3.05. The summed E-state index contributed by atoms with van der Waals surface area (Å²) in [5, 5.41) is 14.6. The SMILES string of the molecule is Cc1nn(C)cc1C1CC(O)c2cc(Br)ccc2O1. The van der Waals surface area contributed by atoms with E-state index in [1.54, 1.807) is 4.68 Å². The second-order valence-electron chi connectivity index (χ2n) is 4.88. The zero-order chi connectivity index (χ0) is 13.6. The van der Waals surface area contributed by atoms with Crippen molar-refractivity contribution in [2.24, 2.45) is 7.05 Å². The van der Waals surface area contributed by atoms with Gasteiger partial charge in [-0.2, -0.15) is 5.10 Å². The Morgan fingerprint density at radius 2 is 2.21 bits per heavy atom. The number of fused-ring (bicyclic) bond motifs is 1. The molecule has 100 valence electrons. The first-order valence-electron chi connectivity index (χ1n) is 6.19. The van der Waals surface area contributed by atoms with Crippen molar-refractivity contribution in [3.05, 3.63) is 45.7 Å². The molecular weight excluding hydrogens is 308 g/mol. The minimum Gasteiger partial charge on any atom is -0.485 e. The van der Waals surface area contributed by atoms with Crippen LogP contribution in [0, 0.1) is 6.92 Å². The third-order valence-corrected chi connectivity index (χ3v) is 3.93. The Balaban J connectivity index is 1.97. The van der Waals surface area contributed by atoms with Gasteiger partial charge in [0.05, 0.1) is 11.8 Å². The van der Waals surface area contributed by atoms with Crippen molar-refractivity contribution in [1.29, 1.82) is 0 Å². The average Bonchev–Trinajstić information content (AvgIpc) is 2.69. The lowest BCUT2D eigenvalue weighted by Crippen LogP contribution is -2.19. The highest BCUT2D eigenvalue weighted by Gasteiger charge is 2.30. The van der Waals surface area contributed by atoms with Crippen LogP contribution in [-0.2, 0) is 7.05 Å². The van der Waals surface area contributed by atoms with E-state index < -0.39 is 6.10 Å². The maximum absolute atomic E-state index is 10.3. The molecule has 0 saturated carbocycles. The van der Waals surface area contributed by atoms with Crippen molar-refractivity contribution < 1.29 is 9.84 Å². The molecule has 2 atom stereocenters. The van der Waals surface area contributed by atoms with Gasteiger partial charge in [0, 0.05) is 35.3 Å². The average molecular weight is 323 g/mol. The van der Waals surface area contributed by atoms with Crippen LogP contribution in [0.3, 0.4) is 0 Å². The Bertz CT molecular complexity index is 624. The van der Waals surface area contributed by atoms with Crippen molar-refractivity contribution in [3.8, 4) is 5.75 Å². The Kier molecular flexibility index (Phi) is 3.11. The molecule has 0 amide bonds. The number of aliphatic hydroxyl groups excluding tert-OH is 1. The summed E-state index contributed by atoms with van der Waals surface area (Å²) in [7, 11) is 1.89. The molecule has 3 rings (SSSR count). The summed E-state index contributed by atoms with van der Waals surface area (Å²) in [6.45, 7) is 1.96. The lowest BCUT2D eigenvalue weighted by atomic mass is 9.95. The van der Waals surface area contributed by atoms with Gasteiger partial charge in [-0.25, -0.2) is 0 Å². The maximum Gasteiger partial charge on any atom is 0.130 e. The van der Waals surface area contributed by atoms with Crippen molar-refractivity contribution in [3.63, 3.8) is 0 Å². The minimum atomic E-state index is -0.508. The number of rotatable bonds is 1. The molecule has 0 saturated heterocycles. The fraction of sp³-hybridized carbons (Fsp3) is 0.357. The fourth-order valence-corrected chi connectivity index (χ4v) is 2.92. The molecule has 0 bridgehead atoms. The van der Waals surface area contributed by atoms with Gasteiger partial charge in [0.1, 0.15) is 11.9 Å². The first-order chi connectivity index (χ1) is 9.04. The monoisotopic (exact) mass is 322 g/mol. The Morgan fingerprint density at radius 1 is 1.42 bits per heavy atom. The summed E-state index contributed by atoms with van der Waals surface area (Å²) in [5.74, 6) is 0.746. The Morgan fingerprint density at radius 3 is 2.89 bits per heavy atom. The molecule has 0 spiro atoms. The molecule has 2 heterocycles. The largest absolute Gasteiger partial charge is 0.485 e. The third-order valence-electron chi connectivity index (χ3n) is 3.44. The Hall–Kier alpha value is -1.33. The van der Waals surface area contributed by atoms with Crippen LogP contribution >= 0.6 is 15.9 Å². The zero-order valence-electron chi connectivity index (χ0n) is 10.8. The number of nitrogens with zero attached hydrogens (tertiary/aromatic N) is 2. The maximum atomic E-state index is 10.3. The van der Waals surface area contributed by atoms with Crippen LogP contribution in [0.1, 0.15) is 35.4 Å². The summed E-state index contributed by atoms with van der Waals surface area (Å²) in [5.41, 5.74) is 2.82. The second-order valence-corrected chi connectivity index (χ2v) is 5.80. The van der Waals surface area contributed by atoms with E-state index >= 15 is 0 Å². The molecule has 4 nitrogen and oxygen atoms in total. The topological polar surface area (TPSA) is 47.3 Å². The highest BCUT2D eigenvalue weighted by Crippen LogP contribution is 2.42. The fourth-order valence-electron chi connectivity index (χ4n) is 2.54. The molecule has 2 unspecified atom stereocenters. The van der Waals surface area contributed by atoms with Crippen LogP contribution in [0.4, 0.5) is 0 Å². The first-order valence-corrected chi connectivity index (χ1v) is 6.98. The van der Waals surface area contributed by atoms with Gasteiger partial charge < -0.3 is 9.84 Å². The highest BCUT2D eigenvalue weighted by atomic mass is 79.9. The van der Waals surface area contributed by atoms with E-state index in [1.807, 2.05) is 38.4 Å². The molecule has 1 aromatic heterocycles. The minimum absolute atomic E-state index is 0.141. The van der Waals surface area contributed by atoms with Gasteiger partial charge in [-0.15, -0.1) is 0 Å². The lowest BCUT2D eigenvalue weighted by molar-refractivity contribution is 0.0654. The van der Waals surface area contributed by atoms with Crippen molar-refractivity contribution >= 4 is 15.9 Å². The molecule has 0 aliphatic carbocycles. The van der Waals surface area contributed by atoms with Crippen LogP contribution in [0.2, 0.25) is 0 Å². The van der Waals surface area contributed by atoms with E-state index in [0.717, 1.165) is 27.0 Å². The van der Waals surface area contributed by atoms with Crippen LogP contribution in [-0.4, -0.2) is 14.9 Å². The molecular formula is C14H15BrN2O2. The van der Waals surface area contributed by atoms with E-state index in [9.17, 15) is 5.11 Å². The molecule has 0 radical (unpaired) electrons.